The average Bonchev–Trinajstić information content (AvgIpc) is 2.83. The first-order chi connectivity index (χ1) is 7.63. The molecule has 0 bridgehead atoms. The molecule has 0 spiro atoms. The van der Waals surface area contributed by atoms with Gasteiger partial charge in [0.15, 0.2) is 0 Å². The Morgan fingerprint density at radius 1 is 1.56 bits per heavy atom. The number of thiophene rings is 1. The second-order valence-electron chi connectivity index (χ2n) is 3.96. The van der Waals surface area contributed by atoms with E-state index in [0.29, 0.717) is 16.5 Å². The zero-order valence-electron chi connectivity index (χ0n) is 9.15. The van der Waals surface area contributed by atoms with E-state index in [4.69, 9.17) is 0 Å². The Labute approximate surface area is 97.6 Å². The van der Waals surface area contributed by atoms with Crippen molar-refractivity contribution in [3.63, 3.8) is 0 Å². The number of amides is 1. The van der Waals surface area contributed by atoms with E-state index in [9.17, 15) is 9.59 Å². The molecule has 0 unspecified atom stereocenters. The number of carbonyl (C=O) groups is 2. The monoisotopic (exact) mass is 239 g/mol. The van der Waals surface area contributed by atoms with Gasteiger partial charge in [-0.2, -0.15) is 0 Å². The smallest absolute Gasteiger partial charge is 0.350 e. The van der Waals surface area contributed by atoms with Crippen LogP contribution >= 0.6 is 11.3 Å². The molecule has 86 valence electrons. The first-order valence-electron chi connectivity index (χ1n) is 5.10. The summed E-state index contributed by atoms with van der Waals surface area (Å²) in [5.41, 5.74) is 0.556. The number of carbonyl (C=O) groups excluding carboxylic acids is 2. The Bertz CT molecular complexity index is 427. The van der Waals surface area contributed by atoms with Gasteiger partial charge in [0.2, 0.25) is 5.91 Å². The molecule has 0 radical (unpaired) electrons. The van der Waals surface area contributed by atoms with E-state index in [1.165, 1.54) is 18.4 Å². The van der Waals surface area contributed by atoms with Crippen LogP contribution in [0.15, 0.2) is 11.4 Å². The number of esters is 1. The molecule has 1 fully saturated rings. The molecule has 0 saturated heterocycles. The molecule has 1 saturated carbocycles. The predicted molar refractivity (Wildman–Crippen MR) is 61.6 cm³/mol. The molecule has 0 aliphatic heterocycles. The largest absolute Gasteiger partial charge is 0.465 e. The van der Waals surface area contributed by atoms with Gasteiger partial charge in [-0.3, -0.25) is 4.79 Å². The third kappa shape index (κ3) is 2.09. The van der Waals surface area contributed by atoms with Gasteiger partial charge in [0.25, 0.3) is 0 Å². The third-order valence-corrected chi connectivity index (χ3v) is 3.63. The molecular formula is C11H13NO3S. The summed E-state index contributed by atoms with van der Waals surface area (Å²) >= 11 is 1.27. The van der Waals surface area contributed by atoms with Crippen molar-refractivity contribution >= 4 is 28.9 Å². The normalized spacial score (nSPS) is 22.6. The Morgan fingerprint density at radius 3 is 2.81 bits per heavy atom. The highest BCUT2D eigenvalue weighted by Crippen LogP contribution is 2.39. The number of anilines is 1. The van der Waals surface area contributed by atoms with Crippen LogP contribution in [0.1, 0.15) is 23.0 Å². The number of rotatable bonds is 3. The SMILES string of the molecule is COC(=O)c1sccc1NC(=O)[C@@H]1C[C@H]1C. The maximum Gasteiger partial charge on any atom is 0.350 e. The van der Waals surface area contributed by atoms with Gasteiger partial charge in [-0.05, 0) is 23.8 Å². The first kappa shape index (κ1) is 11.1. The van der Waals surface area contributed by atoms with Gasteiger partial charge in [-0.1, -0.05) is 6.92 Å². The van der Waals surface area contributed by atoms with Crippen molar-refractivity contribution in [1.82, 2.24) is 0 Å². The maximum absolute atomic E-state index is 11.7. The van der Waals surface area contributed by atoms with Crippen LogP contribution in [0.25, 0.3) is 0 Å². The standard InChI is InChI=1S/C11H13NO3S/c1-6-5-7(6)10(13)12-8-3-4-16-9(8)11(14)15-2/h3-4,6-7H,5H2,1-2H3,(H,12,13)/t6-,7-/m1/s1. The van der Waals surface area contributed by atoms with E-state index in [2.05, 4.69) is 10.1 Å². The minimum Gasteiger partial charge on any atom is -0.465 e. The molecule has 1 amide bonds. The Hall–Kier alpha value is -1.36. The van der Waals surface area contributed by atoms with E-state index in [-0.39, 0.29) is 11.8 Å². The van der Waals surface area contributed by atoms with E-state index in [1.807, 2.05) is 6.92 Å². The lowest BCUT2D eigenvalue weighted by Gasteiger charge is -2.04. The summed E-state index contributed by atoms with van der Waals surface area (Å²) < 4.78 is 4.63. The van der Waals surface area contributed by atoms with Gasteiger partial charge in [-0.25, -0.2) is 4.79 Å². The zero-order chi connectivity index (χ0) is 11.7. The molecule has 1 aromatic heterocycles. The third-order valence-electron chi connectivity index (χ3n) is 2.74. The molecule has 1 N–H and O–H groups in total. The van der Waals surface area contributed by atoms with Crippen molar-refractivity contribution in [3.8, 4) is 0 Å². The highest BCUT2D eigenvalue weighted by molar-refractivity contribution is 7.12. The van der Waals surface area contributed by atoms with Gasteiger partial charge >= 0.3 is 5.97 Å². The highest BCUT2D eigenvalue weighted by atomic mass is 32.1. The minimum atomic E-state index is -0.408. The van der Waals surface area contributed by atoms with Crippen LogP contribution in [0.4, 0.5) is 5.69 Å². The molecule has 5 heteroatoms. The summed E-state index contributed by atoms with van der Waals surface area (Å²) in [6.07, 6.45) is 0.934. The van der Waals surface area contributed by atoms with Gasteiger partial charge < -0.3 is 10.1 Å². The number of nitrogens with one attached hydrogen (secondary N) is 1. The second kappa shape index (κ2) is 4.25. The van der Waals surface area contributed by atoms with Crippen LogP contribution in [0, 0.1) is 11.8 Å². The van der Waals surface area contributed by atoms with E-state index >= 15 is 0 Å². The average molecular weight is 239 g/mol. The summed E-state index contributed by atoms with van der Waals surface area (Å²) in [5, 5.41) is 4.53. The van der Waals surface area contributed by atoms with Gasteiger partial charge in [0.05, 0.1) is 12.8 Å². The Kier molecular flexibility index (Phi) is 2.96. The van der Waals surface area contributed by atoms with Crippen LogP contribution in [-0.4, -0.2) is 19.0 Å². The summed E-state index contributed by atoms with van der Waals surface area (Å²) in [6, 6.07) is 1.72. The number of ether oxygens (including phenoxy) is 1. The summed E-state index contributed by atoms with van der Waals surface area (Å²) in [7, 11) is 1.33. The quantitative estimate of drug-likeness (QED) is 0.822. The van der Waals surface area contributed by atoms with E-state index in [0.717, 1.165) is 6.42 Å². The van der Waals surface area contributed by atoms with Crippen LogP contribution in [0.3, 0.4) is 0 Å². The summed E-state index contributed by atoms with van der Waals surface area (Å²) in [6.45, 7) is 2.04. The van der Waals surface area contributed by atoms with E-state index in [1.54, 1.807) is 11.4 Å². The van der Waals surface area contributed by atoms with Gasteiger partial charge in [0.1, 0.15) is 4.88 Å². The molecular weight excluding hydrogens is 226 g/mol. The lowest BCUT2D eigenvalue weighted by molar-refractivity contribution is -0.117. The summed E-state index contributed by atoms with van der Waals surface area (Å²) in [4.78, 5) is 23.5. The Morgan fingerprint density at radius 2 is 2.25 bits per heavy atom. The molecule has 1 aliphatic carbocycles. The van der Waals surface area contributed by atoms with Crippen molar-refractivity contribution in [2.45, 2.75) is 13.3 Å². The first-order valence-corrected chi connectivity index (χ1v) is 5.98. The zero-order valence-corrected chi connectivity index (χ0v) is 9.97. The van der Waals surface area contributed by atoms with Crippen LogP contribution in [0.2, 0.25) is 0 Å². The molecule has 16 heavy (non-hydrogen) atoms. The fourth-order valence-electron chi connectivity index (χ4n) is 1.57. The highest BCUT2D eigenvalue weighted by Gasteiger charge is 2.39. The minimum absolute atomic E-state index is 0.00365. The second-order valence-corrected chi connectivity index (χ2v) is 4.88. The van der Waals surface area contributed by atoms with E-state index < -0.39 is 5.97 Å². The molecule has 4 nitrogen and oxygen atoms in total. The molecule has 2 rings (SSSR count). The van der Waals surface area contributed by atoms with Gasteiger partial charge in [-0.15, -0.1) is 11.3 Å². The summed E-state index contributed by atoms with van der Waals surface area (Å²) in [5.74, 6) is 0.149. The fourth-order valence-corrected chi connectivity index (χ4v) is 2.34. The van der Waals surface area contributed by atoms with Gasteiger partial charge in [0, 0.05) is 5.92 Å². The van der Waals surface area contributed by atoms with Crippen molar-refractivity contribution < 1.29 is 14.3 Å². The molecule has 1 heterocycles. The van der Waals surface area contributed by atoms with Crippen LogP contribution in [0.5, 0.6) is 0 Å². The maximum atomic E-state index is 11.7. The molecule has 1 aromatic rings. The lowest BCUT2D eigenvalue weighted by atomic mass is 10.3. The van der Waals surface area contributed by atoms with Crippen molar-refractivity contribution in [2.75, 3.05) is 12.4 Å². The van der Waals surface area contributed by atoms with Crippen molar-refractivity contribution in [1.29, 1.82) is 0 Å². The predicted octanol–water partition coefficient (Wildman–Crippen LogP) is 2.13. The number of methoxy groups -OCH3 is 1. The molecule has 1 aliphatic rings. The number of hydrogen-bond acceptors (Lipinski definition) is 4. The molecule has 2 atom stereocenters. The van der Waals surface area contributed by atoms with Crippen LogP contribution < -0.4 is 5.32 Å². The fraction of sp³-hybridized carbons (Fsp3) is 0.455. The molecule has 0 aromatic carbocycles. The topological polar surface area (TPSA) is 55.4 Å². The van der Waals surface area contributed by atoms with Crippen molar-refractivity contribution in [3.05, 3.63) is 16.3 Å². The van der Waals surface area contributed by atoms with Crippen LogP contribution in [-0.2, 0) is 9.53 Å². The lowest BCUT2D eigenvalue weighted by Crippen LogP contribution is -2.16. The Balaban J connectivity index is 2.07. The number of hydrogen-bond donors (Lipinski definition) is 1. The van der Waals surface area contributed by atoms with Crippen molar-refractivity contribution in [2.24, 2.45) is 11.8 Å².